The van der Waals surface area contributed by atoms with E-state index in [1.165, 1.54) is 6.42 Å². The third-order valence-electron chi connectivity index (χ3n) is 4.08. The Morgan fingerprint density at radius 1 is 1.08 bits per heavy atom. The summed E-state index contributed by atoms with van der Waals surface area (Å²) >= 11 is 0. The Morgan fingerprint density at radius 3 is 2.67 bits per heavy atom. The van der Waals surface area contributed by atoms with Crippen molar-refractivity contribution in [3.63, 3.8) is 0 Å². The van der Waals surface area contributed by atoms with Gasteiger partial charge in [0.25, 0.3) is 0 Å². The summed E-state index contributed by atoms with van der Waals surface area (Å²) in [6, 6.07) is 0. The predicted octanol–water partition coefficient (Wildman–Crippen LogP) is 0.382. The second-order valence-corrected chi connectivity index (χ2v) is 6.11. The maximum absolute atomic E-state index is 11.3. The molecule has 0 amide bonds. The molecule has 1 heterocycles. The van der Waals surface area contributed by atoms with E-state index in [9.17, 15) is 9.32 Å². The summed E-state index contributed by atoms with van der Waals surface area (Å²) in [4.78, 5) is 0. The molecular weight excluding hydrogens is 172 g/mol. The molecule has 0 radical (unpaired) electrons. The molecule has 3 aliphatic rings. The number of hydrogen-bond donors (Lipinski definition) is 1. The summed E-state index contributed by atoms with van der Waals surface area (Å²) in [7, 11) is -0.559. The van der Waals surface area contributed by atoms with E-state index >= 15 is 0 Å². The minimum Gasteiger partial charge on any atom is -0.393 e. The maximum atomic E-state index is 11.3. The first-order valence-corrected chi connectivity index (χ1v) is 6.27. The molecule has 1 N–H and O–H groups in total. The average molecular weight is 186 g/mol. The van der Waals surface area contributed by atoms with Crippen molar-refractivity contribution in [3.8, 4) is 0 Å². The van der Waals surface area contributed by atoms with Crippen LogP contribution in [0.15, 0.2) is 0 Å². The van der Waals surface area contributed by atoms with Crippen molar-refractivity contribution in [2.24, 2.45) is 23.7 Å². The van der Waals surface area contributed by atoms with Gasteiger partial charge in [-0.15, -0.1) is 0 Å². The first-order chi connectivity index (χ1) is 5.75. The lowest BCUT2D eigenvalue weighted by Gasteiger charge is -2.27. The molecule has 0 aromatic carbocycles. The average Bonchev–Trinajstić information content (AvgIpc) is 2.57. The molecule has 2 nitrogen and oxygen atoms in total. The number of hydrogen-bond acceptors (Lipinski definition) is 2. The van der Waals surface area contributed by atoms with Crippen molar-refractivity contribution in [3.05, 3.63) is 0 Å². The van der Waals surface area contributed by atoms with Gasteiger partial charge in [-0.25, -0.2) is 0 Å². The van der Waals surface area contributed by atoms with Crippen LogP contribution in [0.3, 0.4) is 0 Å². The van der Waals surface area contributed by atoms with Gasteiger partial charge in [-0.05, 0) is 36.5 Å². The molecule has 1 saturated heterocycles. The fraction of sp³-hybridized carbons (Fsp3) is 1.00. The molecule has 0 aromatic heterocycles. The lowest BCUT2D eigenvalue weighted by Crippen LogP contribution is -2.30. The quantitative estimate of drug-likeness (QED) is 0.594. The van der Waals surface area contributed by atoms with Crippen molar-refractivity contribution >= 4 is 10.8 Å². The monoisotopic (exact) mass is 186 g/mol. The summed E-state index contributed by atoms with van der Waals surface area (Å²) in [5.41, 5.74) is 0. The summed E-state index contributed by atoms with van der Waals surface area (Å²) in [6.07, 6.45) is 2.14. The van der Waals surface area contributed by atoms with Crippen LogP contribution in [0.1, 0.15) is 12.8 Å². The van der Waals surface area contributed by atoms with Crippen molar-refractivity contribution in [1.29, 1.82) is 0 Å². The number of rotatable bonds is 0. The zero-order valence-corrected chi connectivity index (χ0v) is 7.80. The lowest BCUT2D eigenvalue weighted by molar-refractivity contribution is 0.0704. The number of fused-ring (bicyclic) bond motifs is 5. The van der Waals surface area contributed by atoms with Gasteiger partial charge < -0.3 is 5.11 Å². The van der Waals surface area contributed by atoms with Crippen LogP contribution in [0.2, 0.25) is 0 Å². The second kappa shape index (κ2) is 2.32. The molecule has 0 spiro atoms. The smallest absolute Gasteiger partial charge is 0.0574 e. The lowest BCUT2D eigenvalue weighted by atomic mass is 9.80. The fourth-order valence-corrected chi connectivity index (χ4v) is 5.58. The van der Waals surface area contributed by atoms with Gasteiger partial charge in [0.1, 0.15) is 0 Å². The van der Waals surface area contributed by atoms with Crippen LogP contribution in [0, 0.1) is 23.7 Å². The molecule has 2 saturated carbocycles. The van der Waals surface area contributed by atoms with E-state index in [2.05, 4.69) is 0 Å². The first-order valence-electron chi connectivity index (χ1n) is 4.79. The molecule has 2 aliphatic carbocycles. The Balaban J connectivity index is 1.90. The summed E-state index contributed by atoms with van der Waals surface area (Å²) < 4.78 is 11.3. The van der Waals surface area contributed by atoms with E-state index in [-0.39, 0.29) is 6.10 Å². The topological polar surface area (TPSA) is 37.3 Å². The van der Waals surface area contributed by atoms with Crippen LogP contribution in [0.4, 0.5) is 0 Å². The van der Waals surface area contributed by atoms with Crippen LogP contribution in [0.25, 0.3) is 0 Å². The normalized spacial score (nSPS) is 62.4. The SMILES string of the molecule is O=S1CC2C3CC(O)C(C3)C2C1. The second-order valence-electron chi connectivity index (χ2n) is 4.56. The van der Waals surface area contributed by atoms with E-state index < -0.39 is 10.8 Å². The highest BCUT2D eigenvalue weighted by molar-refractivity contribution is 7.85. The molecule has 3 rings (SSSR count). The van der Waals surface area contributed by atoms with Gasteiger partial charge in [-0.1, -0.05) is 0 Å². The molecule has 68 valence electrons. The Hall–Kier alpha value is 0.110. The Labute approximate surface area is 74.8 Å². The molecule has 0 aromatic rings. The van der Waals surface area contributed by atoms with Gasteiger partial charge in [0.05, 0.1) is 6.10 Å². The number of aliphatic hydroxyl groups excluding tert-OH is 1. The van der Waals surface area contributed by atoms with Crippen molar-refractivity contribution < 1.29 is 9.32 Å². The molecule has 1 aliphatic heterocycles. The summed E-state index contributed by atoms with van der Waals surface area (Å²) in [5, 5.41) is 9.65. The Morgan fingerprint density at radius 2 is 1.83 bits per heavy atom. The highest BCUT2D eigenvalue weighted by Gasteiger charge is 2.55. The Bertz CT molecular complexity index is 241. The Kier molecular flexibility index (Phi) is 1.45. The van der Waals surface area contributed by atoms with Gasteiger partial charge in [0.2, 0.25) is 0 Å². The van der Waals surface area contributed by atoms with E-state index in [1.54, 1.807) is 0 Å². The van der Waals surface area contributed by atoms with Gasteiger partial charge in [-0.3, -0.25) is 4.21 Å². The molecule has 2 bridgehead atoms. The van der Waals surface area contributed by atoms with Crippen LogP contribution in [0.5, 0.6) is 0 Å². The third kappa shape index (κ3) is 0.814. The summed E-state index contributed by atoms with van der Waals surface area (Å²) in [5.74, 6) is 4.34. The molecule has 3 fully saturated rings. The van der Waals surface area contributed by atoms with Gasteiger partial charge in [-0.2, -0.15) is 0 Å². The van der Waals surface area contributed by atoms with Crippen LogP contribution >= 0.6 is 0 Å². The highest BCUT2D eigenvalue weighted by Crippen LogP contribution is 2.55. The zero-order chi connectivity index (χ0) is 8.29. The molecule has 3 heteroatoms. The first kappa shape index (κ1) is 7.51. The van der Waals surface area contributed by atoms with Crippen molar-refractivity contribution in [2.75, 3.05) is 11.5 Å². The third-order valence-corrected chi connectivity index (χ3v) is 5.59. The van der Waals surface area contributed by atoms with E-state index in [0.717, 1.165) is 17.9 Å². The van der Waals surface area contributed by atoms with E-state index in [4.69, 9.17) is 0 Å². The molecule has 12 heavy (non-hydrogen) atoms. The van der Waals surface area contributed by atoms with Crippen LogP contribution < -0.4 is 0 Å². The van der Waals surface area contributed by atoms with Gasteiger partial charge >= 0.3 is 0 Å². The molecule has 6 unspecified atom stereocenters. The van der Waals surface area contributed by atoms with Crippen LogP contribution in [-0.4, -0.2) is 26.9 Å². The van der Waals surface area contributed by atoms with Crippen LogP contribution in [-0.2, 0) is 10.8 Å². The highest BCUT2D eigenvalue weighted by atomic mass is 32.2. The fourth-order valence-electron chi connectivity index (χ4n) is 3.57. The van der Waals surface area contributed by atoms with Gasteiger partial charge in [0, 0.05) is 22.3 Å². The number of aliphatic hydroxyl groups is 1. The van der Waals surface area contributed by atoms with E-state index in [1.807, 2.05) is 0 Å². The predicted molar refractivity (Wildman–Crippen MR) is 47.1 cm³/mol. The largest absolute Gasteiger partial charge is 0.393 e. The summed E-state index contributed by atoms with van der Waals surface area (Å²) in [6.45, 7) is 0. The van der Waals surface area contributed by atoms with Gasteiger partial charge in [0.15, 0.2) is 0 Å². The molecule has 6 atom stereocenters. The standard InChI is InChI=1S/C9H14O2S/c10-9-2-5-1-6(9)8-4-12(11)3-7(5)8/h5-10H,1-4H2. The zero-order valence-electron chi connectivity index (χ0n) is 6.98. The minimum absolute atomic E-state index is 0.0636. The van der Waals surface area contributed by atoms with Crippen molar-refractivity contribution in [2.45, 2.75) is 18.9 Å². The minimum atomic E-state index is -0.559. The van der Waals surface area contributed by atoms with E-state index in [0.29, 0.717) is 23.7 Å². The maximum Gasteiger partial charge on any atom is 0.0574 e. The van der Waals surface area contributed by atoms with Crippen molar-refractivity contribution in [1.82, 2.24) is 0 Å². The molecular formula is C9H14O2S.